The molecule has 0 aliphatic carbocycles. The molecule has 4 heteroatoms. The molecule has 16 heavy (non-hydrogen) atoms. The second-order valence-electron chi connectivity index (χ2n) is 3.69. The molecule has 1 unspecified atom stereocenters. The van der Waals surface area contributed by atoms with Crippen molar-refractivity contribution in [2.75, 3.05) is 5.75 Å². The van der Waals surface area contributed by atoms with Gasteiger partial charge in [0.05, 0.1) is 16.8 Å². The molecule has 0 saturated heterocycles. The molecule has 0 aliphatic heterocycles. The molecular weight excluding hydrogens is 224 g/mol. The van der Waals surface area contributed by atoms with E-state index < -0.39 is 15.9 Å². The largest absolute Gasteiger partial charge is 0.388 e. The van der Waals surface area contributed by atoms with Gasteiger partial charge in [0.2, 0.25) is 0 Å². The van der Waals surface area contributed by atoms with Crippen molar-refractivity contribution in [1.82, 2.24) is 0 Å². The van der Waals surface area contributed by atoms with Crippen LogP contribution in [0.2, 0.25) is 0 Å². The van der Waals surface area contributed by atoms with E-state index in [4.69, 9.17) is 0 Å². The van der Waals surface area contributed by atoms with Crippen molar-refractivity contribution in [3.63, 3.8) is 0 Å². The van der Waals surface area contributed by atoms with Gasteiger partial charge in [0.15, 0.2) is 9.84 Å². The Kier molecular flexibility index (Phi) is 4.26. The second kappa shape index (κ2) is 5.27. The molecule has 1 rings (SSSR count). The molecule has 1 N–H and O–H groups in total. The van der Waals surface area contributed by atoms with Crippen LogP contribution in [-0.2, 0) is 9.84 Å². The number of aliphatic hydroxyl groups is 1. The van der Waals surface area contributed by atoms with E-state index in [1.54, 1.807) is 37.3 Å². The monoisotopic (exact) mass is 240 g/mol. The third-order valence-electron chi connectivity index (χ3n) is 2.18. The van der Waals surface area contributed by atoms with E-state index in [9.17, 15) is 13.5 Å². The fourth-order valence-corrected chi connectivity index (χ4v) is 2.65. The van der Waals surface area contributed by atoms with Crippen LogP contribution in [0.4, 0.5) is 0 Å². The van der Waals surface area contributed by atoms with E-state index in [2.05, 4.69) is 0 Å². The van der Waals surface area contributed by atoms with Crippen LogP contribution in [0.15, 0.2) is 41.3 Å². The topological polar surface area (TPSA) is 54.4 Å². The molecule has 0 bridgehead atoms. The second-order valence-corrected chi connectivity index (χ2v) is 5.72. The van der Waals surface area contributed by atoms with E-state index in [0.29, 0.717) is 0 Å². The Morgan fingerprint density at radius 3 is 2.38 bits per heavy atom. The van der Waals surface area contributed by atoms with Crippen molar-refractivity contribution in [1.29, 1.82) is 0 Å². The zero-order valence-corrected chi connectivity index (χ0v) is 10.2. The highest BCUT2D eigenvalue weighted by Crippen LogP contribution is 2.13. The summed E-state index contributed by atoms with van der Waals surface area (Å²) in [6.45, 7) is 3.63. The van der Waals surface area contributed by atoms with Crippen LogP contribution in [0.3, 0.4) is 0 Å². The number of sulfone groups is 1. The van der Waals surface area contributed by atoms with Gasteiger partial charge in [-0.05, 0) is 26.0 Å². The number of allylic oxidation sites excluding steroid dienone is 1. The van der Waals surface area contributed by atoms with E-state index in [1.807, 2.05) is 6.92 Å². The summed E-state index contributed by atoms with van der Waals surface area (Å²) in [5.74, 6) is -0.277. The standard InChI is InChI=1S/C12H16O3S/c1-3-4-11(13)9-16(14,15)12-7-5-10(2)6-8-12/h3-8,11,13H,9H2,1-2H3/b4-3+. The molecule has 1 atom stereocenters. The van der Waals surface area contributed by atoms with E-state index in [1.165, 1.54) is 6.08 Å². The number of aliphatic hydroxyl groups excluding tert-OH is 1. The van der Waals surface area contributed by atoms with Crippen molar-refractivity contribution in [2.24, 2.45) is 0 Å². The van der Waals surface area contributed by atoms with Gasteiger partial charge in [-0.1, -0.05) is 29.8 Å². The normalized spacial score (nSPS) is 14.2. The van der Waals surface area contributed by atoms with Crippen molar-refractivity contribution in [3.8, 4) is 0 Å². The zero-order valence-electron chi connectivity index (χ0n) is 9.42. The van der Waals surface area contributed by atoms with Crippen LogP contribution < -0.4 is 0 Å². The summed E-state index contributed by atoms with van der Waals surface area (Å²) in [6, 6.07) is 6.62. The third-order valence-corrected chi connectivity index (χ3v) is 3.96. The lowest BCUT2D eigenvalue weighted by atomic mass is 10.2. The Labute approximate surface area is 96.4 Å². The fourth-order valence-electron chi connectivity index (χ4n) is 1.34. The van der Waals surface area contributed by atoms with Gasteiger partial charge < -0.3 is 5.11 Å². The Hall–Kier alpha value is -1.13. The van der Waals surface area contributed by atoms with Crippen molar-refractivity contribution >= 4 is 9.84 Å². The maximum absolute atomic E-state index is 11.8. The molecule has 3 nitrogen and oxygen atoms in total. The molecule has 88 valence electrons. The van der Waals surface area contributed by atoms with Gasteiger partial charge in [-0.25, -0.2) is 8.42 Å². The Morgan fingerprint density at radius 1 is 1.31 bits per heavy atom. The lowest BCUT2D eigenvalue weighted by molar-refractivity contribution is 0.246. The van der Waals surface area contributed by atoms with Crippen LogP contribution in [0, 0.1) is 6.92 Å². The average Bonchev–Trinajstić information content (AvgIpc) is 2.17. The van der Waals surface area contributed by atoms with Crippen LogP contribution >= 0.6 is 0 Å². The summed E-state index contributed by atoms with van der Waals surface area (Å²) < 4.78 is 23.7. The Morgan fingerprint density at radius 2 is 1.88 bits per heavy atom. The first-order chi connectivity index (χ1) is 7.45. The fraction of sp³-hybridized carbons (Fsp3) is 0.333. The summed E-state index contributed by atoms with van der Waals surface area (Å²) in [5.41, 5.74) is 1.01. The predicted octanol–water partition coefficient (Wildman–Crippen LogP) is 1.71. The predicted molar refractivity (Wildman–Crippen MR) is 64.1 cm³/mol. The first-order valence-electron chi connectivity index (χ1n) is 5.06. The number of hydrogen-bond donors (Lipinski definition) is 1. The summed E-state index contributed by atoms with van der Waals surface area (Å²) in [6.07, 6.45) is 2.15. The summed E-state index contributed by atoms with van der Waals surface area (Å²) in [4.78, 5) is 0.252. The lowest BCUT2D eigenvalue weighted by Crippen LogP contribution is -2.18. The van der Waals surface area contributed by atoms with Gasteiger partial charge in [0.25, 0.3) is 0 Å². The highest BCUT2D eigenvalue weighted by molar-refractivity contribution is 7.91. The molecule has 1 aromatic carbocycles. The highest BCUT2D eigenvalue weighted by atomic mass is 32.2. The lowest BCUT2D eigenvalue weighted by Gasteiger charge is -2.07. The van der Waals surface area contributed by atoms with Crippen molar-refractivity contribution < 1.29 is 13.5 Å². The van der Waals surface area contributed by atoms with Gasteiger partial charge in [-0.2, -0.15) is 0 Å². The molecule has 0 spiro atoms. The molecule has 1 aromatic rings. The van der Waals surface area contributed by atoms with Gasteiger partial charge in [-0.15, -0.1) is 0 Å². The minimum atomic E-state index is -3.40. The smallest absolute Gasteiger partial charge is 0.181 e. The number of aryl methyl sites for hydroxylation is 1. The number of hydrogen-bond acceptors (Lipinski definition) is 3. The average molecular weight is 240 g/mol. The zero-order chi connectivity index (χ0) is 12.2. The molecule has 0 heterocycles. The van der Waals surface area contributed by atoms with Crippen LogP contribution in [0.1, 0.15) is 12.5 Å². The van der Waals surface area contributed by atoms with Crippen LogP contribution in [-0.4, -0.2) is 25.4 Å². The van der Waals surface area contributed by atoms with E-state index >= 15 is 0 Å². The molecule has 0 aliphatic rings. The number of benzene rings is 1. The Balaban J connectivity index is 2.90. The summed E-state index contributed by atoms with van der Waals surface area (Å²) >= 11 is 0. The quantitative estimate of drug-likeness (QED) is 0.815. The maximum atomic E-state index is 11.8. The first-order valence-corrected chi connectivity index (χ1v) is 6.71. The van der Waals surface area contributed by atoms with Crippen molar-refractivity contribution in [2.45, 2.75) is 24.8 Å². The SMILES string of the molecule is C/C=C/C(O)CS(=O)(=O)c1ccc(C)cc1. The third kappa shape index (κ3) is 3.47. The van der Waals surface area contributed by atoms with E-state index in [-0.39, 0.29) is 10.6 Å². The van der Waals surface area contributed by atoms with E-state index in [0.717, 1.165) is 5.56 Å². The minimum absolute atomic E-state index is 0.252. The minimum Gasteiger partial charge on any atom is -0.388 e. The van der Waals surface area contributed by atoms with Gasteiger partial charge in [0, 0.05) is 0 Å². The van der Waals surface area contributed by atoms with Gasteiger partial charge in [0.1, 0.15) is 0 Å². The maximum Gasteiger partial charge on any atom is 0.181 e. The molecule has 0 aromatic heterocycles. The first kappa shape index (κ1) is 12.9. The van der Waals surface area contributed by atoms with Crippen LogP contribution in [0.25, 0.3) is 0 Å². The molecule has 0 saturated carbocycles. The summed E-state index contributed by atoms with van der Waals surface area (Å²) in [5, 5.41) is 9.43. The summed E-state index contributed by atoms with van der Waals surface area (Å²) in [7, 11) is -3.40. The number of rotatable bonds is 4. The van der Waals surface area contributed by atoms with Gasteiger partial charge in [-0.3, -0.25) is 0 Å². The van der Waals surface area contributed by atoms with Crippen molar-refractivity contribution in [3.05, 3.63) is 42.0 Å². The molecule has 0 amide bonds. The highest BCUT2D eigenvalue weighted by Gasteiger charge is 2.17. The van der Waals surface area contributed by atoms with Gasteiger partial charge >= 0.3 is 0 Å². The molecule has 0 fully saturated rings. The molecule has 0 radical (unpaired) electrons. The molecular formula is C12H16O3S. The Bertz CT molecular complexity index is 458. The van der Waals surface area contributed by atoms with Crippen LogP contribution in [0.5, 0.6) is 0 Å².